The van der Waals surface area contributed by atoms with Gasteiger partial charge in [-0.2, -0.15) is 0 Å². The van der Waals surface area contributed by atoms with Crippen LogP contribution in [0.25, 0.3) is 11.3 Å². The standard InChI is InChI=1S/C11H7BrClFN2/c1-6-15-10(5-11(12)16-6)8-4-7(14)2-3-9(8)13/h2-5H,1H3. The van der Waals surface area contributed by atoms with Gasteiger partial charge in [0.05, 0.1) is 10.7 Å². The number of nitrogens with zero attached hydrogens (tertiary/aromatic N) is 2. The van der Waals surface area contributed by atoms with Crippen molar-refractivity contribution in [3.05, 3.63) is 45.5 Å². The molecular formula is C11H7BrClFN2. The van der Waals surface area contributed by atoms with E-state index < -0.39 is 0 Å². The van der Waals surface area contributed by atoms with Crippen molar-refractivity contribution in [1.29, 1.82) is 0 Å². The van der Waals surface area contributed by atoms with Crippen LogP contribution >= 0.6 is 27.5 Å². The van der Waals surface area contributed by atoms with Crippen molar-refractivity contribution in [2.24, 2.45) is 0 Å². The number of aromatic nitrogens is 2. The molecule has 0 aliphatic rings. The molecule has 2 aromatic rings. The normalized spacial score (nSPS) is 10.5. The maximum absolute atomic E-state index is 13.1. The minimum Gasteiger partial charge on any atom is -0.233 e. The van der Waals surface area contributed by atoms with Crippen LogP contribution in [0.15, 0.2) is 28.9 Å². The maximum Gasteiger partial charge on any atom is 0.127 e. The van der Waals surface area contributed by atoms with E-state index in [1.165, 1.54) is 18.2 Å². The van der Waals surface area contributed by atoms with Gasteiger partial charge in [0.25, 0.3) is 0 Å². The van der Waals surface area contributed by atoms with Crippen LogP contribution in [0.4, 0.5) is 4.39 Å². The Morgan fingerprint density at radius 2 is 2.00 bits per heavy atom. The first-order valence-corrected chi connectivity index (χ1v) is 5.70. The van der Waals surface area contributed by atoms with Crippen LogP contribution in [0.3, 0.4) is 0 Å². The van der Waals surface area contributed by atoms with E-state index in [9.17, 15) is 4.39 Å². The molecule has 0 atom stereocenters. The van der Waals surface area contributed by atoms with Crippen LogP contribution in [-0.4, -0.2) is 9.97 Å². The number of aryl methyl sites for hydroxylation is 1. The van der Waals surface area contributed by atoms with Crippen molar-refractivity contribution < 1.29 is 4.39 Å². The van der Waals surface area contributed by atoms with Crippen LogP contribution in [0.1, 0.15) is 5.82 Å². The van der Waals surface area contributed by atoms with Crippen molar-refractivity contribution >= 4 is 27.5 Å². The van der Waals surface area contributed by atoms with E-state index in [2.05, 4.69) is 25.9 Å². The Bertz CT molecular complexity index is 525. The molecule has 2 rings (SSSR count). The van der Waals surface area contributed by atoms with Gasteiger partial charge in [0.15, 0.2) is 0 Å². The predicted octanol–water partition coefficient (Wildman–Crippen LogP) is 4.01. The molecule has 0 fully saturated rings. The Morgan fingerprint density at radius 1 is 1.25 bits per heavy atom. The van der Waals surface area contributed by atoms with E-state index >= 15 is 0 Å². The third-order valence-corrected chi connectivity index (χ3v) is 2.75. The highest BCUT2D eigenvalue weighted by molar-refractivity contribution is 9.10. The first-order valence-electron chi connectivity index (χ1n) is 4.53. The quantitative estimate of drug-likeness (QED) is 0.744. The van der Waals surface area contributed by atoms with E-state index in [1.54, 1.807) is 13.0 Å². The fourth-order valence-corrected chi connectivity index (χ4v) is 2.05. The lowest BCUT2D eigenvalue weighted by Crippen LogP contribution is -1.92. The molecule has 0 amide bonds. The number of hydrogen-bond acceptors (Lipinski definition) is 2. The van der Waals surface area contributed by atoms with Gasteiger partial charge in [0, 0.05) is 5.56 Å². The van der Waals surface area contributed by atoms with Gasteiger partial charge in [0.1, 0.15) is 16.2 Å². The Labute approximate surface area is 106 Å². The molecule has 2 nitrogen and oxygen atoms in total. The third kappa shape index (κ3) is 2.39. The zero-order valence-corrected chi connectivity index (χ0v) is 10.7. The summed E-state index contributed by atoms with van der Waals surface area (Å²) in [5.74, 6) is 0.261. The molecular weight excluding hydrogens is 294 g/mol. The number of benzene rings is 1. The van der Waals surface area contributed by atoms with Crippen LogP contribution in [0.5, 0.6) is 0 Å². The monoisotopic (exact) mass is 300 g/mol. The highest BCUT2D eigenvalue weighted by Crippen LogP contribution is 2.28. The van der Waals surface area contributed by atoms with Crippen LogP contribution in [-0.2, 0) is 0 Å². The summed E-state index contributed by atoms with van der Waals surface area (Å²) in [6.45, 7) is 1.77. The molecule has 5 heteroatoms. The van der Waals surface area contributed by atoms with E-state index in [0.717, 1.165) is 0 Å². The van der Waals surface area contributed by atoms with Crippen molar-refractivity contribution in [2.75, 3.05) is 0 Å². The highest BCUT2D eigenvalue weighted by atomic mass is 79.9. The van der Waals surface area contributed by atoms with Crippen LogP contribution in [0.2, 0.25) is 5.02 Å². The molecule has 16 heavy (non-hydrogen) atoms. The third-order valence-electron chi connectivity index (χ3n) is 2.01. The second kappa shape index (κ2) is 4.47. The van der Waals surface area contributed by atoms with Gasteiger partial charge in [-0.15, -0.1) is 0 Å². The minimum atomic E-state index is -0.341. The molecule has 1 heterocycles. The molecule has 0 saturated heterocycles. The molecule has 0 saturated carbocycles. The van der Waals surface area contributed by atoms with E-state index in [4.69, 9.17) is 11.6 Å². The van der Waals surface area contributed by atoms with Gasteiger partial charge in [0.2, 0.25) is 0 Å². The number of hydrogen-bond donors (Lipinski definition) is 0. The summed E-state index contributed by atoms with van der Waals surface area (Å²) in [4.78, 5) is 8.29. The van der Waals surface area contributed by atoms with Gasteiger partial charge < -0.3 is 0 Å². The Balaban J connectivity index is 2.62. The molecule has 0 N–H and O–H groups in total. The van der Waals surface area contributed by atoms with E-state index in [-0.39, 0.29) is 5.82 Å². The van der Waals surface area contributed by atoms with Gasteiger partial charge in [-0.05, 0) is 47.1 Å². The molecule has 0 unspecified atom stereocenters. The van der Waals surface area contributed by atoms with Crippen molar-refractivity contribution in [3.63, 3.8) is 0 Å². The molecule has 1 aromatic heterocycles. The largest absolute Gasteiger partial charge is 0.233 e. The van der Waals surface area contributed by atoms with Gasteiger partial charge in [-0.25, -0.2) is 14.4 Å². The van der Waals surface area contributed by atoms with Crippen molar-refractivity contribution in [1.82, 2.24) is 9.97 Å². The summed E-state index contributed by atoms with van der Waals surface area (Å²) < 4.78 is 13.8. The summed E-state index contributed by atoms with van der Waals surface area (Å²) in [6.07, 6.45) is 0. The van der Waals surface area contributed by atoms with Gasteiger partial charge in [-0.1, -0.05) is 11.6 Å². The zero-order valence-electron chi connectivity index (χ0n) is 8.34. The lowest BCUT2D eigenvalue weighted by molar-refractivity contribution is 0.628. The minimum absolute atomic E-state index is 0.341. The topological polar surface area (TPSA) is 25.8 Å². The first kappa shape index (κ1) is 11.5. The number of rotatable bonds is 1. The number of halogens is 3. The SMILES string of the molecule is Cc1nc(Br)cc(-c2cc(F)ccc2Cl)n1. The summed E-state index contributed by atoms with van der Waals surface area (Å²) in [5, 5.41) is 0.464. The lowest BCUT2D eigenvalue weighted by Gasteiger charge is -2.05. The smallest absolute Gasteiger partial charge is 0.127 e. The summed E-state index contributed by atoms with van der Waals surface area (Å²) in [6, 6.07) is 5.89. The molecule has 0 aliphatic carbocycles. The van der Waals surface area contributed by atoms with Crippen molar-refractivity contribution in [3.8, 4) is 11.3 Å². The molecule has 1 aromatic carbocycles. The van der Waals surface area contributed by atoms with Crippen molar-refractivity contribution in [2.45, 2.75) is 6.92 Å². The van der Waals surface area contributed by atoms with Gasteiger partial charge in [-0.3, -0.25) is 0 Å². The van der Waals surface area contributed by atoms with Gasteiger partial charge >= 0.3 is 0 Å². The zero-order chi connectivity index (χ0) is 11.7. The molecule has 0 spiro atoms. The molecule has 82 valence electrons. The highest BCUT2D eigenvalue weighted by Gasteiger charge is 2.08. The first-order chi connectivity index (χ1) is 7.56. The molecule has 0 radical (unpaired) electrons. The lowest BCUT2D eigenvalue weighted by atomic mass is 10.1. The average Bonchev–Trinajstić information content (AvgIpc) is 2.20. The second-order valence-corrected chi connectivity index (χ2v) is 4.47. The predicted molar refractivity (Wildman–Crippen MR) is 64.9 cm³/mol. The Morgan fingerprint density at radius 3 is 2.69 bits per heavy atom. The average molecular weight is 302 g/mol. The summed E-state index contributed by atoms with van der Waals surface area (Å²) in [5.41, 5.74) is 1.16. The second-order valence-electron chi connectivity index (χ2n) is 3.25. The maximum atomic E-state index is 13.1. The van der Waals surface area contributed by atoms with E-state index in [1.807, 2.05) is 0 Å². The fraction of sp³-hybridized carbons (Fsp3) is 0.0909. The molecule has 0 bridgehead atoms. The fourth-order valence-electron chi connectivity index (χ4n) is 1.36. The van der Waals surface area contributed by atoms with Crippen LogP contribution in [0, 0.1) is 12.7 Å². The summed E-state index contributed by atoms with van der Waals surface area (Å²) >= 11 is 9.26. The van der Waals surface area contributed by atoms with Crippen LogP contribution < -0.4 is 0 Å². The summed E-state index contributed by atoms with van der Waals surface area (Å²) in [7, 11) is 0. The Kier molecular flexibility index (Phi) is 3.21. The molecule has 0 aliphatic heterocycles. The van der Waals surface area contributed by atoms with E-state index in [0.29, 0.717) is 26.7 Å². The Hall–Kier alpha value is -1.000.